The predicted octanol–water partition coefficient (Wildman–Crippen LogP) is 9.00. The Morgan fingerprint density at radius 2 is 1.63 bits per heavy atom. The maximum absolute atomic E-state index is 14.1. The van der Waals surface area contributed by atoms with Gasteiger partial charge in [-0.15, -0.1) is 10.2 Å². The second-order valence-electron chi connectivity index (χ2n) is 9.44. The topological polar surface area (TPSA) is 118 Å². The van der Waals surface area contributed by atoms with Crippen molar-refractivity contribution in [1.29, 1.82) is 0 Å². The van der Waals surface area contributed by atoms with E-state index in [0.29, 0.717) is 16.7 Å². The molecule has 0 saturated carbocycles. The fraction of sp³-hybridized carbons (Fsp3) is 0.129. The van der Waals surface area contributed by atoms with Gasteiger partial charge in [0, 0.05) is 16.5 Å². The number of nitrogens with one attached hydrogen (secondary N) is 1. The minimum Gasteiger partial charge on any atom is -0.505 e. The molecule has 0 aliphatic heterocycles. The zero-order valence-corrected chi connectivity index (χ0v) is 21.7. The number of azo groups is 1. The summed E-state index contributed by atoms with van der Waals surface area (Å²) in [5, 5.41) is 39.2. The number of fused-ring (bicyclic) bond motifs is 1. The molecule has 41 heavy (non-hydrogen) atoms. The zero-order chi connectivity index (χ0) is 29.3. The van der Waals surface area contributed by atoms with E-state index >= 15 is 0 Å². The molecule has 208 valence electrons. The van der Waals surface area contributed by atoms with Crippen molar-refractivity contribution in [2.45, 2.75) is 25.9 Å². The highest BCUT2D eigenvalue weighted by atomic mass is 19.4. The van der Waals surface area contributed by atoms with Gasteiger partial charge in [-0.2, -0.15) is 13.2 Å². The highest BCUT2D eigenvalue weighted by Crippen LogP contribution is 2.46. The number of halogens is 3. The number of aromatic amines is 1. The maximum atomic E-state index is 14.1. The predicted molar refractivity (Wildman–Crippen MR) is 149 cm³/mol. The Kier molecular flexibility index (Phi) is 7.23. The fourth-order valence-electron chi connectivity index (χ4n) is 4.77. The number of hydrogen-bond donors (Lipinski definition) is 4. The van der Waals surface area contributed by atoms with E-state index in [1.165, 1.54) is 24.3 Å². The maximum Gasteiger partial charge on any atom is 0.417 e. The van der Waals surface area contributed by atoms with Gasteiger partial charge in [-0.25, -0.2) is 4.79 Å². The molecule has 0 aliphatic rings. The number of carboxylic acids is 1. The SMILES string of the molecule is CCCc1ccc(-c2c(C(F)(F)F)ccc3c(N=Nc4cccc(-c5cccc(C(=O)O)c5)c4O)c(O)[nH]c23)cc1. The summed E-state index contributed by atoms with van der Waals surface area (Å²) in [6, 6.07) is 19.6. The lowest BCUT2D eigenvalue weighted by molar-refractivity contribution is -0.137. The van der Waals surface area contributed by atoms with Crippen molar-refractivity contribution in [3.8, 4) is 33.9 Å². The summed E-state index contributed by atoms with van der Waals surface area (Å²) in [4.78, 5) is 14.0. The van der Waals surface area contributed by atoms with Crippen LogP contribution in [-0.2, 0) is 12.6 Å². The molecule has 0 fully saturated rings. The molecule has 0 saturated heterocycles. The Morgan fingerprint density at radius 1 is 0.902 bits per heavy atom. The van der Waals surface area contributed by atoms with E-state index in [1.54, 1.807) is 48.5 Å². The van der Waals surface area contributed by atoms with E-state index in [4.69, 9.17) is 0 Å². The van der Waals surface area contributed by atoms with E-state index in [2.05, 4.69) is 15.2 Å². The van der Waals surface area contributed by atoms with Crippen LogP contribution in [0.2, 0.25) is 0 Å². The van der Waals surface area contributed by atoms with Crippen LogP contribution in [0.3, 0.4) is 0 Å². The molecular formula is C31H24F3N3O4. The molecule has 4 N–H and O–H groups in total. The number of phenols is 1. The van der Waals surface area contributed by atoms with Crippen LogP contribution in [0.25, 0.3) is 33.2 Å². The number of aryl methyl sites for hydroxylation is 1. The summed E-state index contributed by atoms with van der Waals surface area (Å²) in [6.45, 7) is 2.01. The summed E-state index contributed by atoms with van der Waals surface area (Å²) in [7, 11) is 0. The van der Waals surface area contributed by atoms with E-state index in [9.17, 15) is 33.3 Å². The van der Waals surface area contributed by atoms with Crippen molar-refractivity contribution >= 4 is 28.2 Å². The Bertz CT molecular complexity index is 1790. The molecule has 4 aromatic carbocycles. The normalized spacial score (nSPS) is 11.9. The molecule has 5 aromatic rings. The summed E-state index contributed by atoms with van der Waals surface area (Å²) >= 11 is 0. The molecule has 0 unspecified atom stereocenters. The van der Waals surface area contributed by atoms with Crippen molar-refractivity contribution in [3.63, 3.8) is 0 Å². The van der Waals surface area contributed by atoms with Gasteiger partial charge in [-0.1, -0.05) is 61.9 Å². The van der Waals surface area contributed by atoms with Crippen LogP contribution >= 0.6 is 0 Å². The largest absolute Gasteiger partial charge is 0.505 e. The summed E-state index contributed by atoms with van der Waals surface area (Å²) < 4.78 is 42.2. The lowest BCUT2D eigenvalue weighted by atomic mass is 9.95. The number of para-hydroxylation sites is 1. The number of phenolic OH excluding ortho intramolecular Hbond substituents is 1. The smallest absolute Gasteiger partial charge is 0.417 e. The van der Waals surface area contributed by atoms with Crippen LogP contribution in [0.1, 0.15) is 34.8 Å². The third kappa shape index (κ3) is 5.36. The van der Waals surface area contributed by atoms with Gasteiger partial charge in [0.05, 0.1) is 16.6 Å². The molecule has 0 spiro atoms. The molecule has 0 aliphatic carbocycles. The third-order valence-electron chi connectivity index (χ3n) is 6.71. The Morgan fingerprint density at radius 3 is 2.32 bits per heavy atom. The quantitative estimate of drug-likeness (QED) is 0.149. The number of nitrogens with zero attached hydrogens (tertiary/aromatic N) is 2. The third-order valence-corrected chi connectivity index (χ3v) is 6.71. The molecule has 1 heterocycles. The van der Waals surface area contributed by atoms with Crippen molar-refractivity contribution in [2.24, 2.45) is 10.2 Å². The highest BCUT2D eigenvalue weighted by molar-refractivity contribution is 6.04. The zero-order valence-electron chi connectivity index (χ0n) is 21.7. The number of aromatic hydroxyl groups is 2. The van der Waals surface area contributed by atoms with Crippen LogP contribution < -0.4 is 0 Å². The molecule has 0 bridgehead atoms. The molecule has 5 rings (SSSR count). The van der Waals surface area contributed by atoms with E-state index in [0.717, 1.165) is 24.5 Å². The lowest BCUT2D eigenvalue weighted by Gasteiger charge is -2.14. The second-order valence-corrected chi connectivity index (χ2v) is 9.44. The van der Waals surface area contributed by atoms with Crippen molar-refractivity contribution in [3.05, 3.63) is 95.6 Å². The number of alkyl halides is 3. The number of H-pyrrole nitrogens is 1. The summed E-state index contributed by atoms with van der Waals surface area (Å²) in [5.74, 6) is -1.90. The number of carboxylic acid groups (broad SMARTS) is 1. The first-order chi connectivity index (χ1) is 19.6. The molecule has 0 radical (unpaired) electrons. The molecular weight excluding hydrogens is 535 g/mol. The van der Waals surface area contributed by atoms with Crippen LogP contribution in [0.5, 0.6) is 11.6 Å². The fourth-order valence-corrected chi connectivity index (χ4v) is 4.77. The first-order valence-corrected chi connectivity index (χ1v) is 12.7. The molecule has 1 aromatic heterocycles. The van der Waals surface area contributed by atoms with Crippen molar-refractivity contribution < 1.29 is 33.3 Å². The van der Waals surface area contributed by atoms with Gasteiger partial charge >= 0.3 is 12.1 Å². The van der Waals surface area contributed by atoms with E-state index in [1.807, 2.05) is 6.92 Å². The van der Waals surface area contributed by atoms with Crippen LogP contribution in [0.15, 0.2) is 89.1 Å². The number of aromatic carboxylic acids is 1. The monoisotopic (exact) mass is 559 g/mol. The number of aromatic nitrogens is 1. The van der Waals surface area contributed by atoms with Crippen LogP contribution in [0.4, 0.5) is 24.5 Å². The molecule has 7 nitrogen and oxygen atoms in total. The average Bonchev–Trinajstić information content (AvgIpc) is 3.27. The van der Waals surface area contributed by atoms with Gasteiger partial charge in [-0.05, 0) is 53.4 Å². The van der Waals surface area contributed by atoms with Gasteiger partial charge < -0.3 is 20.3 Å². The van der Waals surface area contributed by atoms with Gasteiger partial charge in [0.25, 0.3) is 0 Å². The van der Waals surface area contributed by atoms with Crippen LogP contribution in [0, 0.1) is 0 Å². The first-order valence-electron chi connectivity index (χ1n) is 12.7. The molecule has 10 heteroatoms. The number of hydrogen-bond acceptors (Lipinski definition) is 5. The lowest BCUT2D eigenvalue weighted by Crippen LogP contribution is -2.07. The number of benzene rings is 4. The molecule has 0 amide bonds. The molecule has 0 atom stereocenters. The van der Waals surface area contributed by atoms with Crippen LogP contribution in [-0.4, -0.2) is 26.3 Å². The Labute approximate surface area is 232 Å². The highest BCUT2D eigenvalue weighted by Gasteiger charge is 2.35. The Balaban J connectivity index is 1.60. The number of rotatable bonds is 7. The average molecular weight is 560 g/mol. The Hall–Kier alpha value is -5.12. The summed E-state index contributed by atoms with van der Waals surface area (Å²) in [5.41, 5.74) is 1.04. The number of carbonyl (C=O) groups is 1. The standard InChI is InChI=1S/C31H24F3N3O4/c1-2-5-17-10-12-18(13-11-17)25-23(31(32,33)34)15-14-22-26(25)35-29(39)27(22)37-36-24-9-4-8-21(28(24)38)19-6-3-7-20(16-19)30(40)41/h3-4,6-16,35,38-39H,2,5H2,1H3,(H,40,41). The van der Waals surface area contributed by atoms with E-state index in [-0.39, 0.29) is 39.2 Å². The summed E-state index contributed by atoms with van der Waals surface area (Å²) in [6.07, 6.45) is -2.96. The minimum atomic E-state index is -4.65. The minimum absolute atomic E-state index is 0.00984. The van der Waals surface area contributed by atoms with Crippen molar-refractivity contribution in [1.82, 2.24) is 4.98 Å². The first kappa shape index (κ1) is 27.4. The van der Waals surface area contributed by atoms with Crippen molar-refractivity contribution in [2.75, 3.05) is 0 Å². The van der Waals surface area contributed by atoms with Gasteiger partial charge in [0.1, 0.15) is 5.69 Å². The second kappa shape index (κ2) is 10.8. The van der Waals surface area contributed by atoms with Gasteiger partial charge in [-0.3, -0.25) is 0 Å². The van der Waals surface area contributed by atoms with Gasteiger partial charge in [0.15, 0.2) is 11.4 Å². The van der Waals surface area contributed by atoms with Gasteiger partial charge in [0.2, 0.25) is 5.88 Å². The van der Waals surface area contributed by atoms with E-state index < -0.39 is 23.6 Å².